The van der Waals surface area contributed by atoms with Crippen LogP contribution in [0.25, 0.3) is 11.1 Å². The van der Waals surface area contributed by atoms with Crippen LogP contribution in [0.3, 0.4) is 0 Å². The molecule has 0 amide bonds. The molecule has 150 valence electrons. The number of aromatic nitrogens is 3. The van der Waals surface area contributed by atoms with Crippen LogP contribution in [0.1, 0.15) is 35.0 Å². The van der Waals surface area contributed by atoms with E-state index in [1.54, 1.807) is 13.0 Å². The van der Waals surface area contributed by atoms with Crippen molar-refractivity contribution in [2.45, 2.75) is 32.4 Å². The van der Waals surface area contributed by atoms with Crippen molar-refractivity contribution in [2.75, 3.05) is 6.61 Å². The van der Waals surface area contributed by atoms with Gasteiger partial charge in [0.15, 0.2) is 0 Å². The number of ether oxygens (including phenoxy) is 1. The van der Waals surface area contributed by atoms with Crippen molar-refractivity contribution in [1.29, 1.82) is 0 Å². The summed E-state index contributed by atoms with van der Waals surface area (Å²) < 4.78 is 46.2. The molecule has 7 heteroatoms. The number of hydrogen-bond acceptors (Lipinski definition) is 4. The van der Waals surface area contributed by atoms with E-state index in [-0.39, 0.29) is 22.9 Å². The highest BCUT2D eigenvalue weighted by Crippen LogP contribution is 2.47. The second kappa shape index (κ2) is 7.46. The van der Waals surface area contributed by atoms with Crippen molar-refractivity contribution in [3.8, 4) is 17.0 Å². The molecule has 0 saturated heterocycles. The van der Waals surface area contributed by atoms with Crippen molar-refractivity contribution in [2.24, 2.45) is 5.92 Å². The molecule has 1 unspecified atom stereocenters. The third-order valence-corrected chi connectivity index (χ3v) is 5.07. The number of halogens is 3. The first-order valence-electron chi connectivity index (χ1n) is 9.38. The Morgan fingerprint density at radius 3 is 2.52 bits per heavy atom. The minimum Gasteiger partial charge on any atom is -0.477 e. The fourth-order valence-electron chi connectivity index (χ4n) is 3.39. The molecule has 4 nitrogen and oxygen atoms in total. The average Bonchev–Trinajstić information content (AvgIpc) is 3.46. The number of rotatable bonds is 5. The first kappa shape index (κ1) is 19.4. The molecule has 1 aliphatic rings. The lowest BCUT2D eigenvalue weighted by molar-refractivity contribution is -0.137. The van der Waals surface area contributed by atoms with E-state index in [1.807, 2.05) is 25.3 Å². The Morgan fingerprint density at radius 1 is 1.00 bits per heavy atom. The lowest BCUT2D eigenvalue weighted by Gasteiger charge is -2.15. The fourth-order valence-corrected chi connectivity index (χ4v) is 3.39. The van der Waals surface area contributed by atoms with Gasteiger partial charge in [-0.15, -0.1) is 0 Å². The SMILES string of the molecule is Cc1ccc(C2C[C@@H]2COc2nc(C)ncc2-c2ccccc2C(F)(F)F)nc1. The van der Waals surface area contributed by atoms with Gasteiger partial charge in [0.1, 0.15) is 5.82 Å². The highest BCUT2D eigenvalue weighted by molar-refractivity contribution is 5.71. The summed E-state index contributed by atoms with van der Waals surface area (Å²) in [6, 6.07) is 9.44. The molecule has 0 spiro atoms. The van der Waals surface area contributed by atoms with Crippen LogP contribution < -0.4 is 4.74 Å². The third-order valence-electron chi connectivity index (χ3n) is 5.07. The zero-order chi connectivity index (χ0) is 20.6. The molecule has 0 radical (unpaired) electrons. The highest BCUT2D eigenvalue weighted by Gasteiger charge is 2.40. The predicted molar refractivity (Wildman–Crippen MR) is 103 cm³/mol. The van der Waals surface area contributed by atoms with E-state index in [2.05, 4.69) is 15.0 Å². The van der Waals surface area contributed by atoms with E-state index in [4.69, 9.17) is 4.74 Å². The maximum Gasteiger partial charge on any atom is 0.417 e. The first-order chi connectivity index (χ1) is 13.8. The molecule has 1 aliphatic carbocycles. The van der Waals surface area contributed by atoms with Crippen LogP contribution in [0.4, 0.5) is 13.2 Å². The Hall–Kier alpha value is -2.96. The lowest BCUT2D eigenvalue weighted by atomic mass is 10.0. The summed E-state index contributed by atoms with van der Waals surface area (Å²) in [5.74, 6) is 1.20. The van der Waals surface area contributed by atoms with E-state index in [1.165, 1.54) is 18.3 Å². The number of nitrogens with zero attached hydrogens (tertiary/aromatic N) is 3. The van der Waals surface area contributed by atoms with Crippen molar-refractivity contribution in [1.82, 2.24) is 15.0 Å². The smallest absolute Gasteiger partial charge is 0.417 e. The second-order valence-electron chi connectivity index (χ2n) is 7.35. The summed E-state index contributed by atoms with van der Waals surface area (Å²) in [6.45, 7) is 4.04. The molecule has 1 aromatic carbocycles. The second-order valence-corrected chi connectivity index (χ2v) is 7.35. The quantitative estimate of drug-likeness (QED) is 0.580. The summed E-state index contributed by atoms with van der Waals surface area (Å²) in [6.07, 6.45) is -0.300. The summed E-state index contributed by atoms with van der Waals surface area (Å²) in [4.78, 5) is 12.8. The molecule has 0 N–H and O–H groups in total. The molecule has 1 fully saturated rings. The molecular weight excluding hydrogens is 379 g/mol. The molecule has 2 atom stereocenters. The number of alkyl halides is 3. The number of hydrogen-bond donors (Lipinski definition) is 0. The third kappa shape index (κ3) is 4.23. The van der Waals surface area contributed by atoms with Gasteiger partial charge in [-0.1, -0.05) is 24.3 Å². The normalized spacial score (nSPS) is 18.5. The molecule has 29 heavy (non-hydrogen) atoms. The van der Waals surface area contributed by atoms with Crippen LogP contribution in [0.5, 0.6) is 5.88 Å². The standard InChI is InChI=1S/C22H20F3N3O/c1-13-7-8-20(27-10-13)17-9-15(17)12-29-21-18(11-26-14(2)28-21)16-5-3-4-6-19(16)22(23,24)25/h3-8,10-11,15,17H,9,12H2,1-2H3/t15-,17?/m1/s1. The Kier molecular flexibility index (Phi) is 4.98. The first-order valence-corrected chi connectivity index (χ1v) is 9.38. The molecule has 2 aromatic heterocycles. The van der Waals surface area contributed by atoms with Gasteiger partial charge in [-0.25, -0.2) is 4.98 Å². The Bertz CT molecular complexity index is 1020. The summed E-state index contributed by atoms with van der Waals surface area (Å²) in [7, 11) is 0. The Morgan fingerprint density at radius 2 is 1.79 bits per heavy atom. The number of aryl methyl sites for hydroxylation is 2. The Balaban J connectivity index is 1.55. The van der Waals surface area contributed by atoms with E-state index in [0.29, 0.717) is 18.3 Å². The average molecular weight is 399 g/mol. The van der Waals surface area contributed by atoms with Crippen molar-refractivity contribution < 1.29 is 17.9 Å². The summed E-state index contributed by atoms with van der Waals surface area (Å²) >= 11 is 0. The van der Waals surface area contributed by atoms with Crippen molar-refractivity contribution in [3.63, 3.8) is 0 Å². The maximum atomic E-state index is 13.4. The largest absolute Gasteiger partial charge is 0.477 e. The van der Waals surface area contributed by atoms with Gasteiger partial charge in [0.2, 0.25) is 5.88 Å². The zero-order valence-corrected chi connectivity index (χ0v) is 16.1. The fraction of sp³-hybridized carbons (Fsp3) is 0.318. The van der Waals surface area contributed by atoms with E-state index >= 15 is 0 Å². The van der Waals surface area contributed by atoms with Gasteiger partial charge in [0.05, 0.1) is 17.7 Å². The van der Waals surface area contributed by atoms with Crippen LogP contribution in [0.15, 0.2) is 48.8 Å². The van der Waals surface area contributed by atoms with Crippen LogP contribution in [-0.4, -0.2) is 21.6 Å². The van der Waals surface area contributed by atoms with Crippen LogP contribution in [0.2, 0.25) is 0 Å². The van der Waals surface area contributed by atoms with Crippen molar-refractivity contribution in [3.05, 3.63) is 71.4 Å². The maximum absolute atomic E-state index is 13.4. The molecule has 0 aliphatic heterocycles. The van der Waals surface area contributed by atoms with Crippen LogP contribution in [0, 0.1) is 19.8 Å². The summed E-state index contributed by atoms with van der Waals surface area (Å²) in [5.41, 5.74) is 1.65. The number of pyridine rings is 1. The van der Waals surface area contributed by atoms with Gasteiger partial charge in [0, 0.05) is 35.5 Å². The van der Waals surface area contributed by atoms with E-state index < -0.39 is 11.7 Å². The van der Waals surface area contributed by atoms with Crippen molar-refractivity contribution >= 4 is 0 Å². The lowest BCUT2D eigenvalue weighted by Crippen LogP contribution is -2.09. The minimum absolute atomic E-state index is 0.0162. The molecule has 2 heterocycles. The molecule has 3 aromatic rings. The van der Waals surface area contributed by atoms with Gasteiger partial charge in [-0.3, -0.25) is 4.98 Å². The van der Waals surface area contributed by atoms with Gasteiger partial charge >= 0.3 is 6.18 Å². The molecule has 4 rings (SSSR count). The van der Waals surface area contributed by atoms with E-state index in [0.717, 1.165) is 23.7 Å². The van der Waals surface area contributed by atoms with Gasteiger partial charge in [0.25, 0.3) is 0 Å². The van der Waals surface area contributed by atoms with Crippen LogP contribution in [-0.2, 0) is 6.18 Å². The topological polar surface area (TPSA) is 47.9 Å². The predicted octanol–water partition coefficient (Wildman–Crippen LogP) is 5.36. The van der Waals surface area contributed by atoms with Gasteiger partial charge < -0.3 is 4.74 Å². The van der Waals surface area contributed by atoms with E-state index in [9.17, 15) is 13.2 Å². The highest BCUT2D eigenvalue weighted by atomic mass is 19.4. The van der Waals surface area contributed by atoms with Crippen LogP contribution >= 0.6 is 0 Å². The number of benzene rings is 1. The molecule has 1 saturated carbocycles. The Labute approximate surface area is 166 Å². The van der Waals surface area contributed by atoms with Gasteiger partial charge in [-0.05, 0) is 38.0 Å². The minimum atomic E-state index is -4.47. The zero-order valence-electron chi connectivity index (χ0n) is 16.1. The molecular formula is C22H20F3N3O. The monoisotopic (exact) mass is 399 g/mol. The van der Waals surface area contributed by atoms with Gasteiger partial charge in [-0.2, -0.15) is 18.2 Å². The summed E-state index contributed by atoms with van der Waals surface area (Å²) in [5, 5.41) is 0. The molecule has 0 bridgehead atoms.